The van der Waals surface area contributed by atoms with E-state index in [1.807, 2.05) is 19.1 Å². The third kappa shape index (κ3) is 9.28. The van der Waals surface area contributed by atoms with E-state index < -0.39 is 15.8 Å². The van der Waals surface area contributed by atoms with Crippen molar-refractivity contribution >= 4 is 15.8 Å². The number of piperazine rings is 1. The van der Waals surface area contributed by atoms with Gasteiger partial charge >= 0.3 is 0 Å². The molecular weight excluding hydrogens is 893 g/mol. The molecule has 0 amide bonds. The van der Waals surface area contributed by atoms with E-state index >= 15 is 0 Å². The molecule has 68 heavy (non-hydrogen) atoms. The van der Waals surface area contributed by atoms with Gasteiger partial charge in [0.25, 0.3) is 0 Å². The fourth-order valence-electron chi connectivity index (χ4n) is 13.7. The second-order valence-electron chi connectivity index (χ2n) is 21.9. The van der Waals surface area contributed by atoms with E-state index in [2.05, 4.69) is 25.0 Å². The highest BCUT2D eigenvalue weighted by Crippen LogP contribution is 2.54. The molecular formula is C52H74N2O13S. The lowest BCUT2D eigenvalue weighted by Gasteiger charge is -2.47. The summed E-state index contributed by atoms with van der Waals surface area (Å²) in [5.74, 6) is -0.678. The monoisotopic (exact) mass is 966 g/mol. The number of hydrogen-bond acceptors (Lipinski definition) is 14. The average Bonchev–Trinajstić information content (AvgIpc) is 4.00. The molecule has 11 saturated heterocycles. The van der Waals surface area contributed by atoms with E-state index in [4.69, 9.17) is 47.4 Å². The highest BCUT2D eigenvalue weighted by Gasteiger charge is 2.69. The first-order chi connectivity index (χ1) is 32.8. The van der Waals surface area contributed by atoms with E-state index in [0.29, 0.717) is 69.7 Å². The molecule has 0 N–H and O–H groups in total. The zero-order chi connectivity index (χ0) is 47.1. The maximum Gasteiger partial charge on any atom is 0.243 e. The van der Waals surface area contributed by atoms with Crippen LogP contribution in [0, 0.1) is 18.8 Å². The standard InChI is InChI=1S/C52H74N2O13S/c1-29-7-11-38(12-8-29)68(56,57)54-19-17-53(18-20-54)28-37(58-5)25-44-46(59-6)39-24-33(55)23-35-10-14-41-47(62-35)51-50-49(64-41)48-45(65-50)27-52(66-48,67-51)16-15-36-22-31(3)40(60-36)13-9-34-21-30(2)32(4)42(61-34)26-43(39)63-44/h7-8,11-12,30,34-37,39-51H,3-4,9-10,13-28H2,1-2,5-6H3/t30-,34+,35-,36+,37+,39+,40+,41+,42-,43+,44-,45-,46-,47+,48+,49+,50-,51+,52+/m1/s1. The molecule has 12 rings (SSSR count). The van der Waals surface area contributed by atoms with Crippen LogP contribution in [0.3, 0.4) is 0 Å². The van der Waals surface area contributed by atoms with Crippen LogP contribution in [0.25, 0.3) is 0 Å². The third-order valence-corrected chi connectivity index (χ3v) is 19.4. The van der Waals surface area contributed by atoms with Crippen molar-refractivity contribution in [3.8, 4) is 0 Å². The van der Waals surface area contributed by atoms with E-state index in [0.717, 1.165) is 55.2 Å². The third-order valence-electron chi connectivity index (χ3n) is 17.5. The number of ether oxygens (including phenoxy) is 10. The van der Waals surface area contributed by atoms with Crippen molar-refractivity contribution in [3.05, 3.63) is 54.1 Å². The smallest absolute Gasteiger partial charge is 0.243 e. The molecule has 376 valence electrons. The number of aryl methyl sites for hydroxylation is 1. The highest BCUT2D eigenvalue weighted by atomic mass is 32.2. The summed E-state index contributed by atoms with van der Waals surface area (Å²) in [5, 5.41) is 0. The summed E-state index contributed by atoms with van der Waals surface area (Å²) in [7, 11) is -0.155. The molecule has 0 aliphatic carbocycles. The zero-order valence-electron chi connectivity index (χ0n) is 40.5. The summed E-state index contributed by atoms with van der Waals surface area (Å²) < 4.78 is 96.0. The molecule has 1 aromatic carbocycles. The van der Waals surface area contributed by atoms with Crippen molar-refractivity contribution in [1.82, 2.24) is 9.21 Å². The van der Waals surface area contributed by atoms with Crippen LogP contribution in [0.15, 0.2) is 53.5 Å². The van der Waals surface area contributed by atoms with Gasteiger partial charge in [0.05, 0.1) is 72.0 Å². The van der Waals surface area contributed by atoms with Crippen LogP contribution >= 0.6 is 0 Å². The predicted molar refractivity (Wildman–Crippen MR) is 248 cm³/mol. The van der Waals surface area contributed by atoms with Gasteiger partial charge in [0.2, 0.25) is 10.0 Å². The summed E-state index contributed by atoms with van der Waals surface area (Å²) in [6.07, 6.45) is 5.19. The number of carbonyl (C=O) groups is 1. The van der Waals surface area contributed by atoms with E-state index in [1.54, 1.807) is 30.7 Å². The van der Waals surface area contributed by atoms with Crippen molar-refractivity contribution in [2.75, 3.05) is 46.9 Å². The van der Waals surface area contributed by atoms with Crippen molar-refractivity contribution in [2.24, 2.45) is 11.8 Å². The molecule has 0 radical (unpaired) electrons. The van der Waals surface area contributed by atoms with E-state index in [-0.39, 0.29) is 128 Å². The minimum Gasteiger partial charge on any atom is -0.380 e. The summed E-state index contributed by atoms with van der Waals surface area (Å²) in [5.41, 5.74) is 3.21. The predicted octanol–water partition coefficient (Wildman–Crippen LogP) is 5.45. The number of sulfonamides is 1. The maximum atomic E-state index is 14.5. The Morgan fingerprint density at radius 1 is 0.750 bits per heavy atom. The highest BCUT2D eigenvalue weighted by molar-refractivity contribution is 7.89. The molecule has 1 spiro atoms. The Hall–Kier alpha value is -2.16. The molecule has 0 aromatic heterocycles. The fraction of sp³-hybridized carbons (Fsp3) is 0.788. The SMILES string of the molecule is C=C1C[C@@H]2CC[C@@]34C[C@H]5O[C@H]6[C@@H](O3)[C@H]3O[C@H](CC[C@@H]3O[C@H]6[C@H]5O4)CC(=O)C[C@@H]3[C@@H](OC)[C@@H](C[C@@H](CN4CCN(S(=O)(=O)c5ccc(C)cc5)CC4)OC)O[C@H]3C[C@H]3O[C@@H](CC[C@@H]1O2)C[C@@H](C)C3=C. The lowest BCUT2D eigenvalue weighted by Crippen LogP contribution is -2.61. The van der Waals surface area contributed by atoms with Gasteiger partial charge in [-0.1, -0.05) is 37.8 Å². The number of hydrogen-bond donors (Lipinski definition) is 0. The van der Waals surface area contributed by atoms with Gasteiger partial charge in [0.1, 0.15) is 36.3 Å². The molecule has 0 unspecified atom stereocenters. The number of Topliss-reactive ketones (excluding diaryl/α,β-unsaturated/α-hetero) is 1. The molecule has 11 heterocycles. The van der Waals surface area contributed by atoms with Gasteiger partial charge in [-0.05, 0) is 81.1 Å². The number of carbonyl (C=O) groups excluding carboxylic acids is 1. The Morgan fingerprint density at radius 2 is 1.47 bits per heavy atom. The van der Waals surface area contributed by atoms with Gasteiger partial charge in [0, 0.05) is 91.4 Å². The molecule has 11 aliphatic heterocycles. The fourth-order valence-corrected chi connectivity index (χ4v) is 15.1. The quantitative estimate of drug-likeness (QED) is 0.304. The average molecular weight is 967 g/mol. The molecule has 0 saturated carbocycles. The van der Waals surface area contributed by atoms with Crippen molar-refractivity contribution in [3.63, 3.8) is 0 Å². The van der Waals surface area contributed by atoms with Gasteiger partial charge < -0.3 is 47.4 Å². The Morgan fingerprint density at radius 3 is 2.25 bits per heavy atom. The maximum absolute atomic E-state index is 14.5. The summed E-state index contributed by atoms with van der Waals surface area (Å²) in [4.78, 5) is 17.1. The summed E-state index contributed by atoms with van der Waals surface area (Å²) in [6.45, 7) is 15.8. The van der Waals surface area contributed by atoms with Gasteiger partial charge in [-0.3, -0.25) is 9.69 Å². The van der Waals surface area contributed by atoms with Crippen LogP contribution in [0.1, 0.15) is 96.0 Å². The molecule has 16 heteroatoms. The number of methoxy groups -OCH3 is 2. The minimum atomic E-state index is -3.59. The second-order valence-corrected chi connectivity index (χ2v) is 23.9. The topological polar surface area (TPSA) is 150 Å². The van der Waals surface area contributed by atoms with Crippen LogP contribution in [0.4, 0.5) is 0 Å². The number of rotatable bonds is 8. The van der Waals surface area contributed by atoms with Crippen LogP contribution in [-0.4, -0.2) is 174 Å². The van der Waals surface area contributed by atoms with E-state index in [9.17, 15) is 13.2 Å². The Kier molecular flexibility index (Phi) is 13.7. The van der Waals surface area contributed by atoms with Crippen LogP contribution in [0.2, 0.25) is 0 Å². The van der Waals surface area contributed by atoms with Crippen molar-refractivity contribution in [2.45, 2.75) is 206 Å². The molecule has 11 aliphatic rings. The lowest BCUT2D eigenvalue weighted by molar-refractivity contribution is -0.292. The van der Waals surface area contributed by atoms with Gasteiger partial charge in [-0.25, -0.2) is 8.42 Å². The zero-order valence-corrected chi connectivity index (χ0v) is 41.3. The Balaban J connectivity index is 0.811. The van der Waals surface area contributed by atoms with Crippen LogP contribution < -0.4 is 0 Å². The first-order valence-corrected chi connectivity index (χ1v) is 27.2. The van der Waals surface area contributed by atoms with Crippen molar-refractivity contribution < 1.29 is 60.6 Å². The molecule has 19 atom stereocenters. The lowest BCUT2D eigenvalue weighted by atomic mass is 9.81. The Bertz CT molecular complexity index is 2140. The molecule has 12 bridgehead atoms. The van der Waals surface area contributed by atoms with Crippen LogP contribution in [-0.2, 0) is 62.2 Å². The molecule has 15 nitrogen and oxygen atoms in total. The number of benzene rings is 1. The van der Waals surface area contributed by atoms with E-state index in [1.165, 1.54) is 0 Å². The summed E-state index contributed by atoms with van der Waals surface area (Å²) >= 11 is 0. The Labute approximate surface area is 402 Å². The van der Waals surface area contributed by atoms with Gasteiger partial charge in [0.15, 0.2) is 5.79 Å². The molecule has 11 fully saturated rings. The van der Waals surface area contributed by atoms with Gasteiger partial charge in [-0.15, -0.1) is 0 Å². The van der Waals surface area contributed by atoms with Gasteiger partial charge in [-0.2, -0.15) is 4.31 Å². The second kappa shape index (κ2) is 19.4. The minimum absolute atomic E-state index is 0.0184. The van der Waals surface area contributed by atoms with Crippen LogP contribution in [0.5, 0.6) is 0 Å². The summed E-state index contributed by atoms with van der Waals surface area (Å²) in [6, 6.07) is 7.04. The largest absolute Gasteiger partial charge is 0.380 e. The number of ketones is 1. The first kappa shape index (κ1) is 48.1. The number of fused-ring (bicyclic) bond motifs is 6. The van der Waals surface area contributed by atoms with Crippen molar-refractivity contribution in [1.29, 1.82) is 0 Å². The number of nitrogens with zero attached hydrogens (tertiary/aromatic N) is 2. The molecule has 1 aromatic rings. The normalized spacial score (nSPS) is 45.0. The first-order valence-electron chi connectivity index (χ1n) is 25.8.